The van der Waals surface area contributed by atoms with Gasteiger partial charge in [0.1, 0.15) is 11.8 Å². The van der Waals surface area contributed by atoms with E-state index in [1.165, 1.54) is 18.5 Å². The van der Waals surface area contributed by atoms with Gasteiger partial charge in [0.2, 0.25) is 0 Å². The maximum atomic E-state index is 12.8. The van der Waals surface area contributed by atoms with Crippen LogP contribution in [0.25, 0.3) is 11.2 Å². The summed E-state index contributed by atoms with van der Waals surface area (Å²) >= 11 is 0. The fourth-order valence-electron chi connectivity index (χ4n) is 3.66. The summed E-state index contributed by atoms with van der Waals surface area (Å²) in [6.45, 7) is 3.93. The molecule has 3 atom stereocenters. The van der Waals surface area contributed by atoms with Crippen molar-refractivity contribution < 1.29 is 27.9 Å². The second-order valence-corrected chi connectivity index (χ2v) is 9.30. The average molecular weight is 487 g/mol. The van der Waals surface area contributed by atoms with Crippen LogP contribution in [-0.4, -0.2) is 50.9 Å². The van der Waals surface area contributed by atoms with E-state index in [2.05, 4.69) is 15.0 Å². The molecule has 0 unspecified atom stereocenters. The Morgan fingerprint density at radius 1 is 1.21 bits per heavy atom. The highest BCUT2D eigenvalue weighted by atomic mass is 31.2. The van der Waals surface area contributed by atoms with Gasteiger partial charge in [-0.25, -0.2) is 19.7 Å². The van der Waals surface area contributed by atoms with Crippen LogP contribution < -0.4 is 5.73 Å². The number of nitrogen functional groups attached to an aromatic ring is 1. The van der Waals surface area contributed by atoms with Gasteiger partial charge in [-0.05, 0) is 32.1 Å². The van der Waals surface area contributed by atoms with Gasteiger partial charge in [-0.3, -0.25) is 9.13 Å². The molecule has 180 valence electrons. The molecular formula is C22H26N5O6P. The molecule has 0 bridgehead atoms. The molecular weight excluding hydrogens is 461 g/mol. The van der Waals surface area contributed by atoms with Gasteiger partial charge in [0.25, 0.3) is 0 Å². The van der Waals surface area contributed by atoms with Crippen molar-refractivity contribution in [3.63, 3.8) is 0 Å². The third-order valence-electron chi connectivity index (χ3n) is 5.13. The summed E-state index contributed by atoms with van der Waals surface area (Å²) in [4.78, 5) is 25.3. The minimum atomic E-state index is -3.42. The molecule has 1 aromatic carbocycles. The van der Waals surface area contributed by atoms with Crippen LogP contribution in [0.15, 0.2) is 54.9 Å². The van der Waals surface area contributed by atoms with E-state index in [-0.39, 0.29) is 19.0 Å². The molecule has 0 aliphatic carbocycles. The summed E-state index contributed by atoms with van der Waals surface area (Å²) < 4.78 is 37.1. The molecule has 0 saturated carbocycles. The van der Waals surface area contributed by atoms with Crippen LogP contribution in [0.5, 0.6) is 0 Å². The SMILES string of the molecule is CCOP(=O)(/C=C/[C@@H]1C[C@@H](OC(=O)c2ccccc2)[C@H](n2cnc3c(N)ncnc32)O1)OCC. The van der Waals surface area contributed by atoms with E-state index in [4.69, 9.17) is 24.3 Å². The van der Waals surface area contributed by atoms with E-state index in [1.807, 2.05) is 6.07 Å². The Morgan fingerprint density at radius 2 is 1.94 bits per heavy atom. The zero-order valence-corrected chi connectivity index (χ0v) is 19.7. The number of nitrogens with two attached hydrogens (primary N) is 1. The van der Waals surface area contributed by atoms with Gasteiger partial charge in [0.05, 0.1) is 31.2 Å². The Labute approximate surface area is 196 Å². The fraction of sp³-hybridized carbons (Fsp3) is 0.364. The lowest BCUT2D eigenvalue weighted by Gasteiger charge is -2.20. The first-order valence-electron chi connectivity index (χ1n) is 10.9. The van der Waals surface area contributed by atoms with Crippen LogP contribution in [0, 0.1) is 0 Å². The first-order chi connectivity index (χ1) is 16.4. The van der Waals surface area contributed by atoms with Gasteiger partial charge in [-0.15, -0.1) is 0 Å². The van der Waals surface area contributed by atoms with Crippen LogP contribution in [0.2, 0.25) is 0 Å². The number of esters is 1. The molecule has 1 saturated heterocycles. The van der Waals surface area contributed by atoms with E-state index in [1.54, 1.807) is 48.8 Å². The molecule has 4 rings (SSSR count). The van der Waals surface area contributed by atoms with Crippen LogP contribution in [-0.2, 0) is 23.1 Å². The van der Waals surface area contributed by atoms with Crippen molar-refractivity contribution in [3.8, 4) is 0 Å². The van der Waals surface area contributed by atoms with Crippen LogP contribution in [0.1, 0.15) is 36.9 Å². The van der Waals surface area contributed by atoms with Gasteiger partial charge in [0.15, 0.2) is 23.8 Å². The quantitative estimate of drug-likeness (QED) is 0.351. The molecule has 2 aromatic heterocycles. The van der Waals surface area contributed by atoms with Crippen molar-refractivity contribution in [2.75, 3.05) is 18.9 Å². The number of ether oxygens (including phenoxy) is 2. The lowest BCUT2D eigenvalue weighted by atomic mass is 10.2. The predicted molar refractivity (Wildman–Crippen MR) is 124 cm³/mol. The summed E-state index contributed by atoms with van der Waals surface area (Å²) in [5.41, 5.74) is 7.19. The maximum absolute atomic E-state index is 12.8. The predicted octanol–water partition coefficient (Wildman–Crippen LogP) is 3.70. The van der Waals surface area contributed by atoms with Gasteiger partial charge in [0, 0.05) is 12.2 Å². The average Bonchev–Trinajstić information content (AvgIpc) is 3.43. The Bertz CT molecular complexity index is 1210. The summed E-state index contributed by atoms with van der Waals surface area (Å²) in [6.07, 6.45) is 2.78. The minimum absolute atomic E-state index is 0.227. The third-order valence-corrected chi connectivity index (χ3v) is 6.90. The summed E-state index contributed by atoms with van der Waals surface area (Å²) in [6, 6.07) is 8.67. The van der Waals surface area contributed by atoms with Crippen LogP contribution >= 0.6 is 7.60 Å². The van der Waals surface area contributed by atoms with Crippen molar-refractivity contribution in [2.45, 2.75) is 38.7 Å². The Morgan fingerprint density at radius 3 is 2.65 bits per heavy atom. The van der Waals surface area contributed by atoms with Crippen LogP contribution in [0.3, 0.4) is 0 Å². The highest BCUT2D eigenvalue weighted by molar-refractivity contribution is 7.57. The number of carbonyl (C=O) groups excluding carboxylic acids is 1. The van der Waals surface area contributed by atoms with Crippen molar-refractivity contribution in [1.29, 1.82) is 0 Å². The molecule has 0 amide bonds. The van der Waals surface area contributed by atoms with E-state index in [0.29, 0.717) is 23.1 Å². The first kappa shape index (κ1) is 24.0. The molecule has 3 aromatic rings. The number of hydrogen-bond donors (Lipinski definition) is 1. The molecule has 0 radical (unpaired) electrons. The van der Waals surface area contributed by atoms with E-state index in [9.17, 15) is 9.36 Å². The van der Waals surface area contributed by atoms with E-state index in [0.717, 1.165) is 0 Å². The zero-order chi connectivity index (χ0) is 24.1. The molecule has 0 spiro atoms. The summed E-state index contributed by atoms with van der Waals surface area (Å²) in [5.74, 6) is 1.12. The molecule has 1 aliphatic rings. The summed E-state index contributed by atoms with van der Waals surface area (Å²) in [7, 11) is -3.42. The monoisotopic (exact) mass is 487 g/mol. The van der Waals surface area contributed by atoms with Gasteiger partial charge in [-0.2, -0.15) is 0 Å². The lowest BCUT2D eigenvalue weighted by molar-refractivity contribution is -0.0381. The number of carbonyl (C=O) groups is 1. The number of imidazole rings is 1. The number of hydrogen-bond acceptors (Lipinski definition) is 10. The molecule has 1 aliphatic heterocycles. The second kappa shape index (κ2) is 10.4. The second-order valence-electron chi connectivity index (χ2n) is 7.41. The fourth-order valence-corrected chi connectivity index (χ4v) is 5.03. The molecule has 11 nitrogen and oxygen atoms in total. The number of fused-ring (bicyclic) bond motifs is 1. The molecule has 2 N–H and O–H groups in total. The summed E-state index contributed by atoms with van der Waals surface area (Å²) in [5, 5.41) is 0. The number of rotatable bonds is 9. The molecule has 34 heavy (non-hydrogen) atoms. The molecule has 1 fully saturated rings. The van der Waals surface area contributed by atoms with Crippen molar-refractivity contribution >= 4 is 30.5 Å². The van der Waals surface area contributed by atoms with Crippen LogP contribution in [0.4, 0.5) is 5.82 Å². The van der Waals surface area contributed by atoms with Crippen molar-refractivity contribution in [2.24, 2.45) is 0 Å². The highest BCUT2D eigenvalue weighted by Crippen LogP contribution is 2.50. The van der Waals surface area contributed by atoms with Crippen molar-refractivity contribution in [3.05, 3.63) is 60.4 Å². The zero-order valence-electron chi connectivity index (χ0n) is 18.8. The van der Waals surface area contributed by atoms with Gasteiger partial charge < -0.3 is 24.3 Å². The van der Waals surface area contributed by atoms with Crippen molar-refractivity contribution in [1.82, 2.24) is 19.5 Å². The smallest absolute Gasteiger partial charge is 0.353 e. The Hall–Kier alpha value is -3.11. The lowest BCUT2D eigenvalue weighted by Crippen LogP contribution is -2.25. The maximum Gasteiger partial charge on any atom is 0.353 e. The number of aromatic nitrogens is 4. The highest BCUT2D eigenvalue weighted by Gasteiger charge is 2.40. The molecule has 3 heterocycles. The Balaban J connectivity index is 1.62. The number of anilines is 1. The number of nitrogens with zero attached hydrogens (tertiary/aromatic N) is 4. The van der Waals surface area contributed by atoms with E-state index >= 15 is 0 Å². The Kier molecular flexibility index (Phi) is 7.38. The van der Waals surface area contributed by atoms with E-state index < -0.39 is 32.0 Å². The standard InChI is InChI=1S/C22H26N5O6P/c1-3-30-34(29,31-4-2)11-10-16-12-17(33-22(28)15-8-6-5-7-9-15)21(32-16)27-14-26-18-19(23)24-13-25-20(18)27/h5-11,13-14,16-17,21H,3-4,12H2,1-2H3,(H2,23,24,25)/b11-10+/t16-,17-,21-/m1/s1. The third kappa shape index (κ3) is 5.18. The number of benzene rings is 1. The first-order valence-corrected chi connectivity index (χ1v) is 12.5. The van der Waals surface area contributed by atoms with Gasteiger partial charge in [-0.1, -0.05) is 18.2 Å². The topological polar surface area (TPSA) is 141 Å². The normalized spacial score (nSPS) is 20.8. The molecule has 12 heteroatoms. The van der Waals surface area contributed by atoms with Gasteiger partial charge >= 0.3 is 13.6 Å². The largest absolute Gasteiger partial charge is 0.454 e. The minimum Gasteiger partial charge on any atom is -0.454 e.